The third kappa shape index (κ3) is 2.67. The predicted molar refractivity (Wildman–Crippen MR) is 31.1 cm³/mol. The number of hydrazine groups is 1. The molecule has 6 heavy (non-hydrogen) atoms. The van der Waals surface area contributed by atoms with Gasteiger partial charge in [0.1, 0.15) is 0 Å². The molecule has 2 nitrogen and oxygen atoms in total. The Morgan fingerprint density at radius 1 is 1.83 bits per heavy atom. The lowest BCUT2D eigenvalue weighted by Gasteiger charge is -2.01. The summed E-state index contributed by atoms with van der Waals surface area (Å²) in [5.41, 5.74) is 2.83. The molecule has 0 aliphatic carbocycles. The molecular weight excluding hydrogens is 115 g/mol. The van der Waals surface area contributed by atoms with Crippen molar-refractivity contribution in [2.75, 3.05) is 14.1 Å². The van der Waals surface area contributed by atoms with E-state index in [4.69, 9.17) is 0 Å². The van der Waals surface area contributed by atoms with E-state index in [-0.39, 0.29) is 0 Å². The zero-order valence-corrected chi connectivity index (χ0v) is 5.51. The number of hydrogen-bond donors (Lipinski definition) is 1. The van der Waals surface area contributed by atoms with Crippen LogP contribution in [0.15, 0.2) is 0 Å². The molecule has 0 radical (unpaired) electrons. The summed E-state index contributed by atoms with van der Waals surface area (Å²) in [7, 11) is 4.55. The number of hydrogen-bond acceptors (Lipinski definition) is 2. The van der Waals surface area contributed by atoms with Crippen LogP contribution in [-0.2, 0) is 11.8 Å². The lowest BCUT2D eigenvalue weighted by Crippen LogP contribution is -2.19. The maximum Gasteiger partial charge on any atom is 0.0763 e. The number of nitrogens with one attached hydrogen (secondary N) is 1. The van der Waals surface area contributed by atoms with E-state index in [1.165, 1.54) is 0 Å². The van der Waals surface area contributed by atoms with Crippen molar-refractivity contribution in [2.24, 2.45) is 0 Å². The van der Waals surface area contributed by atoms with E-state index < -0.39 is 0 Å². The van der Waals surface area contributed by atoms with Crippen LogP contribution in [0.25, 0.3) is 0 Å². The fraction of sp³-hybridized carbons (Fsp3) is 1.00. The van der Waals surface area contributed by atoms with E-state index in [1.807, 2.05) is 14.1 Å². The summed E-state index contributed by atoms with van der Waals surface area (Å²) in [5, 5.41) is 0. The average molecular weight is 122 g/mol. The Morgan fingerprint density at radius 2 is 2.33 bits per heavy atom. The zero-order valence-electron chi connectivity index (χ0n) is 3.80. The Labute approximate surface area is 44.4 Å². The van der Waals surface area contributed by atoms with Crippen LogP contribution < -0.4 is 5.43 Å². The molecule has 0 aromatic rings. The molecular formula is C2H7N2PS. The third-order valence-corrected chi connectivity index (χ3v) is 1.63. The van der Waals surface area contributed by atoms with Gasteiger partial charge in [-0.3, -0.25) is 5.43 Å². The summed E-state index contributed by atoms with van der Waals surface area (Å²) in [6.07, 6.45) is 0. The van der Waals surface area contributed by atoms with Crippen molar-refractivity contribution in [3.63, 3.8) is 0 Å². The molecule has 0 heterocycles. The van der Waals surface area contributed by atoms with Gasteiger partial charge in [0.05, 0.1) is 7.51 Å². The van der Waals surface area contributed by atoms with Crippen LogP contribution in [0.1, 0.15) is 0 Å². The van der Waals surface area contributed by atoms with Crippen molar-refractivity contribution in [3.05, 3.63) is 0 Å². The van der Waals surface area contributed by atoms with Gasteiger partial charge in [-0.2, -0.15) is 4.78 Å². The van der Waals surface area contributed by atoms with Crippen molar-refractivity contribution >= 4 is 19.3 Å². The largest absolute Gasteiger partial charge is 0.250 e. The van der Waals surface area contributed by atoms with E-state index in [1.54, 1.807) is 4.78 Å². The van der Waals surface area contributed by atoms with Gasteiger partial charge in [0.2, 0.25) is 0 Å². The first-order valence-corrected chi connectivity index (χ1v) is 3.41. The van der Waals surface area contributed by atoms with Crippen LogP contribution in [0.4, 0.5) is 0 Å². The van der Waals surface area contributed by atoms with Gasteiger partial charge in [-0.05, 0) is 18.9 Å². The van der Waals surface area contributed by atoms with Crippen LogP contribution in [0.2, 0.25) is 0 Å². The lowest BCUT2D eigenvalue weighted by atomic mass is 11.4. The average Bonchev–Trinajstić information content (AvgIpc) is 1.65. The highest BCUT2D eigenvalue weighted by molar-refractivity contribution is 7.95. The summed E-state index contributed by atoms with van der Waals surface area (Å²) < 4.78 is 1.79. The van der Waals surface area contributed by atoms with Gasteiger partial charge in [-0.15, -0.1) is 0 Å². The Hall–Kier alpha value is 0.440. The van der Waals surface area contributed by atoms with Gasteiger partial charge in [-0.25, -0.2) is 0 Å². The summed E-state index contributed by atoms with van der Waals surface area (Å²) in [6, 6.07) is 0. The molecule has 0 saturated carbocycles. The van der Waals surface area contributed by atoms with Crippen molar-refractivity contribution in [1.29, 1.82) is 0 Å². The zero-order chi connectivity index (χ0) is 4.99. The monoisotopic (exact) mass is 122 g/mol. The summed E-state index contributed by atoms with van der Waals surface area (Å²) in [4.78, 5) is 0. The van der Waals surface area contributed by atoms with Gasteiger partial charge >= 0.3 is 0 Å². The minimum Gasteiger partial charge on any atom is -0.250 e. The lowest BCUT2D eigenvalue weighted by molar-refractivity contribution is 0.462. The van der Waals surface area contributed by atoms with E-state index in [0.717, 1.165) is 7.51 Å². The van der Waals surface area contributed by atoms with E-state index in [9.17, 15) is 0 Å². The molecule has 1 N–H and O–H groups in total. The van der Waals surface area contributed by atoms with Gasteiger partial charge in [0.25, 0.3) is 0 Å². The van der Waals surface area contributed by atoms with Gasteiger partial charge < -0.3 is 0 Å². The molecule has 0 amide bonds. The van der Waals surface area contributed by atoms with Crippen LogP contribution >= 0.6 is 7.51 Å². The molecule has 0 aromatic heterocycles. The molecule has 0 saturated heterocycles. The first-order valence-electron chi connectivity index (χ1n) is 1.55. The quantitative estimate of drug-likeness (QED) is 0.421. The minimum atomic E-state index is 0.834. The normalized spacial score (nSPS) is 10.5. The first kappa shape index (κ1) is 6.44. The molecule has 0 aromatic carbocycles. The molecule has 0 bridgehead atoms. The molecule has 4 heteroatoms. The highest BCUT2D eigenvalue weighted by Gasteiger charge is 1.77. The van der Waals surface area contributed by atoms with Crippen LogP contribution in [-0.4, -0.2) is 18.9 Å². The van der Waals surface area contributed by atoms with Gasteiger partial charge in [0.15, 0.2) is 0 Å². The van der Waals surface area contributed by atoms with E-state index in [0.29, 0.717) is 0 Å². The van der Waals surface area contributed by atoms with Crippen molar-refractivity contribution < 1.29 is 0 Å². The Morgan fingerprint density at radius 3 is 2.33 bits per heavy atom. The highest BCUT2D eigenvalue weighted by atomic mass is 32.4. The molecule has 0 spiro atoms. The second kappa shape index (κ2) is 3.62. The maximum atomic E-state index is 4.61. The molecule has 36 valence electrons. The fourth-order valence-corrected chi connectivity index (χ4v) is 0.367. The molecule has 0 rings (SSSR count). The topological polar surface area (TPSA) is 15.3 Å². The second-order valence-electron chi connectivity index (χ2n) is 0.829. The summed E-state index contributed by atoms with van der Waals surface area (Å²) >= 11 is 4.61. The minimum absolute atomic E-state index is 0.834. The fourth-order valence-electron chi connectivity index (χ4n) is 0.0408. The van der Waals surface area contributed by atoms with Crippen LogP contribution in [0, 0.1) is 0 Å². The van der Waals surface area contributed by atoms with Crippen molar-refractivity contribution in [3.8, 4) is 0 Å². The molecule has 0 unspecified atom stereocenters. The summed E-state index contributed by atoms with van der Waals surface area (Å²) in [6.45, 7) is 0. The predicted octanol–water partition coefficient (Wildman–Crippen LogP) is 0.376. The maximum absolute atomic E-state index is 4.61. The van der Waals surface area contributed by atoms with Crippen LogP contribution in [0.3, 0.4) is 0 Å². The van der Waals surface area contributed by atoms with Crippen molar-refractivity contribution in [2.45, 2.75) is 0 Å². The Kier molecular flexibility index (Phi) is 3.89. The standard InChI is InChI=1S/C2H7N2PS/c1-3-4(2)5-6/h3H,1-2H3. The molecule has 0 atom stereocenters. The molecule has 0 fully saturated rings. The van der Waals surface area contributed by atoms with Crippen LogP contribution in [0.5, 0.6) is 0 Å². The SMILES string of the molecule is CNN(C)P=S. The van der Waals surface area contributed by atoms with Crippen molar-refractivity contribution in [1.82, 2.24) is 10.2 Å². The highest BCUT2D eigenvalue weighted by Crippen LogP contribution is 1.91. The Bertz CT molecular complexity index is 48.8. The van der Waals surface area contributed by atoms with E-state index >= 15 is 0 Å². The summed E-state index contributed by atoms with van der Waals surface area (Å²) in [5.74, 6) is 0. The smallest absolute Gasteiger partial charge is 0.0763 e. The van der Waals surface area contributed by atoms with Gasteiger partial charge in [0, 0.05) is 7.05 Å². The number of nitrogens with zero attached hydrogens (tertiary/aromatic N) is 1. The molecule has 0 aliphatic heterocycles. The van der Waals surface area contributed by atoms with E-state index in [2.05, 4.69) is 17.2 Å². The van der Waals surface area contributed by atoms with Gasteiger partial charge in [-0.1, -0.05) is 0 Å². The third-order valence-electron chi connectivity index (χ3n) is 0.446. The first-order chi connectivity index (χ1) is 2.81. The Balaban J connectivity index is 2.96. The second-order valence-corrected chi connectivity index (χ2v) is 2.08. The number of rotatable bonds is 2. The molecule has 0 aliphatic rings.